The molecule has 0 saturated heterocycles. The van der Waals surface area contributed by atoms with Gasteiger partial charge in [0.25, 0.3) is 0 Å². The Morgan fingerprint density at radius 2 is 1.76 bits per heavy atom. The fraction of sp³-hybridized carbons (Fsp3) is 0.281. The second kappa shape index (κ2) is 15.2. The van der Waals surface area contributed by atoms with Crippen LogP contribution in [0.25, 0.3) is 21.7 Å². The van der Waals surface area contributed by atoms with Gasteiger partial charge in [-0.15, -0.1) is 11.3 Å². The maximum absolute atomic E-state index is 11.5. The number of rotatable bonds is 13. The molecular formula is C32H31ClN6O4S2. The first-order valence-corrected chi connectivity index (χ1v) is 16.0. The van der Waals surface area contributed by atoms with E-state index >= 15 is 0 Å². The monoisotopic (exact) mass is 662 g/mol. The van der Waals surface area contributed by atoms with Gasteiger partial charge in [-0.25, -0.2) is 9.97 Å². The van der Waals surface area contributed by atoms with Gasteiger partial charge in [-0.2, -0.15) is 10.5 Å². The minimum absolute atomic E-state index is 0.0273. The molecule has 2 aromatic carbocycles. The topological polar surface area (TPSA) is 167 Å². The minimum Gasteiger partial charge on any atom is -0.492 e. The lowest BCUT2D eigenvalue weighted by Crippen LogP contribution is -2.44. The zero-order valence-electron chi connectivity index (χ0n) is 24.8. The molecule has 4 aromatic rings. The normalized spacial score (nSPS) is 11.9. The van der Waals surface area contributed by atoms with Crippen LogP contribution in [0.15, 0.2) is 58.9 Å². The molecule has 0 aliphatic rings. The smallest absolute Gasteiger partial charge is 0.323 e. The van der Waals surface area contributed by atoms with Crippen molar-refractivity contribution < 1.29 is 19.4 Å². The van der Waals surface area contributed by atoms with Gasteiger partial charge in [0, 0.05) is 33.8 Å². The molecule has 0 aliphatic heterocycles. The Morgan fingerprint density at radius 1 is 1.09 bits per heavy atom. The van der Waals surface area contributed by atoms with E-state index in [9.17, 15) is 20.4 Å². The number of thioether (sulfide) groups is 1. The Morgan fingerprint density at radius 3 is 2.38 bits per heavy atom. The van der Waals surface area contributed by atoms with Crippen molar-refractivity contribution >= 4 is 46.5 Å². The highest BCUT2D eigenvalue weighted by molar-refractivity contribution is 7.98. The summed E-state index contributed by atoms with van der Waals surface area (Å²) in [5.74, 6) is 0.00668. The van der Waals surface area contributed by atoms with E-state index in [4.69, 9.17) is 31.8 Å². The number of nitrogens with zero attached hydrogens (tertiary/aromatic N) is 4. The lowest BCUT2D eigenvalue weighted by molar-refractivity contribution is -0.142. The summed E-state index contributed by atoms with van der Waals surface area (Å²) in [5, 5.41) is 36.3. The second-order valence-electron chi connectivity index (χ2n) is 10.7. The molecule has 4 N–H and O–H groups in total. The standard InChI is InChI=1S/C32H31ClN6O4S2/c1-32(2,3)43-16-26(31(40)41)37-12-13-42-23-10-6-19(7-11-23)27-24(14-34)28(36)39-30(25(27)15-35)45-18-22-17-44-29(38-22)20-4-8-21(33)9-5-20/h4-11,17,26,37H,12-13,16,18H2,1-3H3,(H2,36,39)(H,40,41). The number of nitrogens with one attached hydrogen (secondary N) is 1. The molecule has 2 heterocycles. The van der Waals surface area contributed by atoms with E-state index in [0.29, 0.717) is 32.7 Å². The number of nitrogen functional groups attached to an aromatic ring is 1. The Balaban J connectivity index is 1.45. The molecule has 13 heteroatoms. The van der Waals surface area contributed by atoms with E-state index in [0.717, 1.165) is 16.3 Å². The number of hydrogen-bond acceptors (Lipinski definition) is 11. The van der Waals surface area contributed by atoms with Gasteiger partial charge in [-0.1, -0.05) is 47.6 Å². The third-order valence-corrected chi connectivity index (χ3v) is 8.50. The maximum atomic E-state index is 11.5. The van der Waals surface area contributed by atoms with Gasteiger partial charge in [0.15, 0.2) is 0 Å². The van der Waals surface area contributed by atoms with Crippen LogP contribution in [-0.2, 0) is 15.3 Å². The van der Waals surface area contributed by atoms with Crippen molar-refractivity contribution in [1.29, 1.82) is 10.5 Å². The van der Waals surface area contributed by atoms with Gasteiger partial charge in [0.2, 0.25) is 0 Å². The van der Waals surface area contributed by atoms with Crippen LogP contribution >= 0.6 is 34.7 Å². The summed E-state index contributed by atoms with van der Waals surface area (Å²) in [6.07, 6.45) is 0. The number of nitriles is 2. The van der Waals surface area contributed by atoms with Crippen LogP contribution in [0.2, 0.25) is 5.02 Å². The van der Waals surface area contributed by atoms with E-state index in [2.05, 4.69) is 22.4 Å². The quantitative estimate of drug-likeness (QED) is 0.107. The van der Waals surface area contributed by atoms with Crippen molar-refractivity contribution in [3.05, 3.63) is 75.8 Å². The Bertz CT molecular complexity index is 1730. The summed E-state index contributed by atoms with van der Waals surface area (Å²) in [6, 6.07) is 17.8. The summed E-state index contributed by atoms with van der Waals surface area (Å²) in [4.78, 5) is 20.6. The van der Waals surface area contributed by atoms with Gasteiger partial charge in [0.1, 0.15) is 52.0 Å². The molecule has 4 rings (SSSR count). The van der Waals surface area contributed by atoms with Crippen molar-refractivity contribution in [2.24, 2.45) is 0 Å². The van der Waals surface area contributed by atoms with Crippen molar-refractivity contribution in [3.8, 4) is 39.6 Å². The zero-order chi connectivity index (χ0) is 32.6. The largest absolute Gasteiger partial charge is 0.492 e. The highest BCUT2D eigenvalue weighted by atomic mass is 35.5. The molecule has 1 atom stereocenters. The Labute approximate surface area is 274 Å². The molecule has 0 radical (unpaired) electrons. The van der Waals surface area contributed by atoms with E-state index in [1.165, 1.54) is 23.1 Å². The summed E-state index contributed by atoms with van der Waals surface area (Å²) < 4.78 is 11.4. The van der Waals surface area contributed by atoms with Crippen LogP contribution < -0.4 is 15.8 Å². The average molecular weight is 663 g/mol. The van der Waals surface area contributed by atoms with Gasteiger partial charge < -0.3 is 20.3 Å². The number of nitrogens with two attached hydrogens (primary N) is 1. The predicted octanol–water partition coefficient (Wildman–Crippen LogP) is 6.38. The lowest BCUT2D eigenvalue weighted by atomic mass is 9.97. The maximum Gasteiger partial charge on any atom is 0.323 e. The minimum atomic E-state index is -1.01. The Kier molecular flexibility index (Phi) is 11.4. The first-order valence-electron chi connectivity index (χ1n) is 13.8. The van der Waals surface area contributed by atoms with Crippen molar-refractivity contribution in [2.75, 3.05) is 25.5 Å². The van der Waals surface area contributed by atoms with E-state index in [1.807, 2.05) is 50.4 Å². The Hall–Kier alpha value is -4.17. The zero-order valence-corrected chi connectivity index (χ0v) is 27.2. The number of ether oxygens (including phenoxy) is 2. The van der Waals surface area contributed by atoms with E-state index < -0.39 is 17.6 Å². The van der Waals surface area contributed by atoms with Crippen LogP contribution in [0.5, 0.6) is 5.75 Å². The number of carboxylic acids is 1. The van der Waals surface area contributed by atoms with E-state index in [1.54, 1.807) is 24.3 Å². The fourth-order valence-corrected chi connectivity index (χ4v) is 6.05. The molecule has 10 nitrogen and oxygen atoms in total. The SMILES string of the molecule is CC(C)(C)OCC(NCCOc1ccc(-c2c(C#N)c(N)nc(SCc3csc(-c4ccc(Cl)cc4)n3)c2C#N)cc1)C(=O)O. The number of aliphatic carboxylic acids is 1. The number of benzene rings is 2. The first kappa shape index (κ1) is 33.7. The highest BCUT2D eigenvalue weighted by Gasteiger charge is 2.22. The van der Waals surface area contributed by atoms with Gasteiger partial charge in [-0.3, -0.25) is 10.1 Å². The van der Waals surface area contributed by atoms with Gasteiger partial charge in [0.05, 0.1) is 23.5 Å². The van der Waals surface area contributed by atoms with Crippen LogP contribution in [0.1, 0.15) is 37.6 Å². The predicted molar refractivity (Wildman–Crippen MR) is 176 cm³/mol. The van der Waals surface area contributed by atoms with Crippen LogP contribution in [0.4, 0.5) is 5.82 Å². The molecule has 232 valence electrons. The summed E-state index contributed by atoms with van der Waals surface area (Å²) in [5.41, 5.74) is 8.88. The molecule has 0 spiro atoms. The molecule has 1 unspecified atom stereocenters. The third-order valence-electron chi connectivity index (χ3n) is 6.30. The lowest BCUT2D eigenvalue weighted by Gasteiger charge is -2.23. The number of carboxylic acid groups (broad SMARTS) is 1. The van der Waals surface area contributed by atoms with Crippen LogP contribution in [-0.4, -0.2) is 52.4 Å². The molecule has 0 saturated carbocycles. The number of pyridine rings is 1. The number of carbonyl (C=O) groups is 1. The second-order valence-corrected chi connectivity index (χ2v) is 13.0. The molecule has 0 bridgehead atoms. The van der Waals surface area contributed by atoms with Crippen molar-refractivity contribution in [3.63, 3.8) is 0 Å². The molecule has 0 aliphatic carbocycles. The number of aromatic nitrogens is 2. The number of anilines is 1. The van der Waals surface area contributed by atoms with E-state index in [-0.39, 0.29) is 36.7 Å². The fourth-order valence-electron chi connectivity index (χ4n) is 4.10. The summed E-state index contributed by atoms with van der Waals surface area (Å²) in [7, 11) is 0. The molecule has 0 fully saturated rings. The summed E-state index contributed by atoms with van der Waals surface area (Å²) in [6.45, 7) is 6.10. The van der Waals surface area contributed by atoms with Crippen molar-refractivity contribution in [1.82, 2.24) is 15.3 Å². The number of thiazole rings is 1. The van der Waals surface area contributed by atoms with Crippen molar-refractivity contribution in [2.45, 2.75) is 43.2 Å². The van der Waals surface area contributed by atoms with Gasteiger partial charge >= 0.3 is 5.97 Å². The average Bonchev–Trinajstić information content (AvgIpc) is 3.48. The molecular weight excluding hydrogens is 632 g/mol. The first-order chi connectivity index (χ1) is 21.5. The number of halogens is 1. The third kappa shape index (κ3) is 9.17. The van der Waals surface area contributed by atoms with Gasteiger partial charge in [-0.05, 0) is 50.6 Å². The highest BCUT2D eigenvalue weighted by Crippen LogP contribution is 2.37. The molecule has 0 amide bonds. The molecule has 2 aromatic heterocycles. The summed E-state index contributed by atoms with van der Waals surface area (Å²) >= 11 is 8.83. The van der Waals surface area contributed by atoms with Crippen LogP contribution in [0.3, 0.4) is 0 Å². The number of hydrogen-bond donors (Lipinski definition) is 3. The van der Waals surface area contributed by atoms with Crippen LogP contribution in [0, 0.1) is 22.7 Å². The molecule has 45 heavy (non-hydrogen) atoms.